The Bertz CT molecular complexity index is 761. The van der Waals surface area contributed by atoms with E-state index in [1.54, 1.807) is 6.26 Å². The Kier molecular flexibility index (Phi) is 5.00. The molecule has 0 radical (unpaired) electrons. The lowest BCUT2D eigenvalue weighted by Gasteiger charge is -2.05. The van der Waals surface area contributed by atoms with Gasteiger partial charge in [0.1, 0.15) is 12.6 Å². The molecule has 0 amide bonds. The molecule has 7 heteroatoms. The molecule has 0 atom stereocenters. The van der Waals surface area contributed by atoms with Gasteiger partial charge < -0.3 is 14.6 Å². The Balaban J connectivity index is 0.000000236. The Labute approximate surface area is 129 Å². The van der Waals surface area contributed by atoms with Crippen LogP contribution < -0.4 is 9.67 Å². The van der Waals surface area contributed by atoms with Crippen LogP contribution in [0.4, 0.5) is 13.2 Å². The van der Waals surface area contributed by atoms with E-state index in [0.29, 0.717) is 6.61 Å². The van der Waals surface area contributed by atoms with E-state index in [2.05, 4.69) is 53.2 Å². The van der Waals surface area contributed by atoms with E-state index < -0.39 is 12.1 Å². The van der Waals surface area contributed by atoms with Crippen molar-refractivity contribution in [1.82, 2.24) is 0 Å². The van der Waals surface area contributed by atoms with Crippen molar-refractivity contribution in [3.63, 3.8) is 0 Å². The van der Waals surface area contributed by atoms with Crippen molar-refractivity contribution in [2.75, 3.05) is 6.61 Å². The molecule has 0 fully saturated rings. The largest absolute Gasteiger partial charge is 0.542 e. The van der Waals surface area contributed by atoms with E-state index in [1.807, 2.05) is 6.08 Å². The first-order valence-corrected chi connectivity index (χ1v) is 6.56. The van der Waals surface area contributed by atoms with Crippen LogP contribution in [0.25, 0.3) is 16.6 Å². The number of carbonyl (C=O) groups excluding carboxylic acids is 1. The molecule has 2 heterocycles. The second kappa shape index (κ2) is 6.95. The van der Waals surface area contributed by atoms with Crippen LogP contribution in [0.3, 0.4) is 0 Å². The zero-order valence-corrected chi connectivity index (χ0v) is 11.8. The molecule has 1 aliphatic rings. The highest BCUT2D eigenvalue weighted by molar-refractivity contribution is 5.76. The number of rotatable bonds is 1. The quantitative estimate of drug-likeness (QED) is 0.752. The fourth-order valence-electron chi connectivity index (χ4n) is 1.94. The summed E-state index contributed by atoms with van der Waals surface area (Å²) < 4.78 is 38.9. The number of ether oxygens (including phenoxy) is 1. The molecule has 4 nitrogen and oxygen atoms in total. The summed E-state index contributed by atoms with van der Waals surface area (Å²) in [5, 5.41) is 10.0. The first kappa shape index (κ1) is 16.5. The Hall–Kier alpha value is -2.83. The van der Waals surface area contributed by atoms with Crippen molar-refractivity contribution in [2.24, 2.45) is 0 Å². The molecule has 1 aliphatic heterocycles. The Morgan fingerprint density at radius 2 is 1.83 bits per heavy atom. The number of carboxylic acids is 1. The molecule has 1 aromatic carbocycles. The lowest BCUT2D eigenvalue weighted by molar-refractivity contribution is -0.549. The van der Waals surface area contributed by atoms with Crippen molar-refractivity contribution in [3.05, 3.63) is 61.0 Å². The number of nitrogens with zero attached hydrogens (tertiary/aromatic N) is 1. The summed E-state index contributed by atoms with van der Waals surface area (Å²) in [5.74, 6) is -3.01. The molecule has 0 N–H and O–H groups in total. The van der Waals surface area contributed by atoms with Gasteiger partial charge in [-0.15, -0.1) is 0 Å². The predicted molar refractivity (Wildman–Crippen MR) is 74.6 cm³/mol. The average molecular weight is 323 g/mol. The van der Waals surface area contributed by atoms with Crippen molar-refractivity contribution in [2.45, 2.75) is 6.18 Å². The van der Waals surface area contributed by atoms with Gasteiger partial charge in [0, 0.05) is 29.7 Å². The number of aromatic nitrogens is 1. The summed E-state index contributed by atoms with van der Waals surface area (Å²) in [5.41, 5.74) is 2.37. The number of fused-ring (bicyclic) bond motifs is 1. The summed E-state index contributed by atoms with van der Waals surface area (Å²) in [4.78, 5) is 8.78. The molecule has 0 saturated heterocycles. The number of carbonyl (C=O) groups is 1. The second-order valence-corrected chi connectivity index (χ2v) is 4.49. The lowest BCUT2D eigenvalue weighted by atomic mass is 10.2. The van der Waals surface area contributed by atoms with E-state index in [4.69, 9.17) is 14.6 Å². The molecular weight excluding hydrogens is 311 g/mol. The van der Waals surface area contributed by atoms with Gasteiger partial charge in [0.15, 0.2) is 6.20 Å². The maximum absolute atomic E-state index is 10.5. The van der Waals surface area contributed by atoms with Crippen molar-refractivity contribution >= 4 is 22.6 Å². The van der Waals surface area contributed by atoms with Crippen LogP contribution in [0.15, 0.2) is 61.0 Å². The molecule has 23 heavy (non-hydrogen) atoms. The Morgan fingerprint density at radius 1 is 1.17 bits per heavy atom. The van der Waals surface area contributed by atoms with Crippen LogP contribution in [-0.2, 0) is 9.53 Å². The van der Waals surface area contributed by atoms with Crippen LogP contribution in [0.5, 0.6) is 0 Å². The third-order valence-corrected chi connectivity index (χ3v) is 2.94. The minimum Gasteiger partial charge on any atom is -0.542 e. The van der Waals surface area contributed by atoms with Crippen LogP contribution >= 0.6 is 0 Å². The maximum Gasteiger partial charge on any atom is 0.430 e. The summed E-state index contributed by atoms with van der Waals surface area (Å²) in [6.07, 6.45) is 2.68. The van der Waals surface area contributed by atoms with E-state index in [9.17, 15) is 13.2 Å². The van der Waals surface area contributed by atoms with E-state index in [-0.39, 0.29) is 0 Å². The Morgan fingerprint density at radius 3 is 2.43 bits per heavy atom. The highest BCUT2D eigenvalue weighted by Gasteiger charge is 2.28. The highest BCUT2D eigenvalue weighted by Crippen LogP contribution is 2.12. The average Bonchev–Trinajstić information content (AvgIpc) is 2.55. The number of halogens is 3. The van der Waals surface area contributed by atoms with Crippen LogP contribution in [0.1, 0.15) is 0 Å². The summed E-state index contributed by atoms with van der Waals surface area (Å²) in [6.45, 7) is 0.641. The summed E-state index contributed by atoms with van der Waals surface area (Å²) in [6, 6.07) is 12.5. The van der Waals surface area contributed by atoms with Gasteiger partial charge in [-0.25, -0.2) is 0 Å². The number of alkyl halides is 3. The minimum absolute atomic E-state index is 0.641. The zero-order chi connectivity index (χ0) is 16.9. The van der Waals surface area contributed by atoms with Crippen LogP contribution in [0.2, 0.25) is 0 Å². The fourth-order valence-corrected chi connectivity index (χ4v) is 1.94. The predicted octanol–water partition coefficient (Wildman–Crippen LogP) is 1.81. The van der Waals surface area contributed by atoms with Gasteiger partial charge in [0.25, 0.3) is 0 Å². The molecule has 1 aromatic heterocycles. The number of carboxylic acid groups (broad SMARTS) is 1. The van der Waals surface area contributed by atoms with Crippen LogP contribution in [-0.4, -0.2) is 18.8 Å². The molecular formula is C16H12F3NO3. The molecule has 0 saturated carbocycles. The maximum atomic E-state index is 10.5. The minimum atomic E-state index is -5.19. The van der Waals surface area contributed by atoms with Gasteiger partial charge in [-0.05, 0) is 12.1 Å². The lowest BCUT2D eigenvalue weighted by Crippen LogP contribution is -2.37. The SMILES string of the molecule is C1=CC([n+]2cccc3ccccc32)=CCO1.O=C([O-])C(F)(F)F. The van der Waals surface area contributed by atoms with E-state index in [1.165, 1.54) is 10.9 Å². The third kappa shape index (κ3) is 4.32. The van der Waals surface area contributed by atoms with Crippen molar-refractivity contribution in [3.8, 4) is 0 Å². The van der Waals surface area contributed by atoms with Crippen LogP contribution in [0, 0.1) is 0 Å². The van der Waals surface area contributed by atoms with Gasteiger partial charge >= 0.3 is 6.18 Å². The van der Waals surface area contributed by atoms with Gasteiger partial charge in [-0.3, -0.25) is 0 Å². The normalized spacial score (nSPS) is 13.6. The fraction of sp³-hybridized carbons (Fsp3) is 0.125. The number of allylic oxidation sites excluding steroid dienone is 2. The van der Waals surface area contributed by atoms with Gasteiger partial charge in [-0.1, -0.05) is 12.1 Å². The summed E-state index contributed by atoms with van der Waals surface area (Å²) in [7, 11) is 0. The molecule has 3 rings (SSSR count). The zero-order valence-electron chi connectivity index (χ0n) is 11.8. The second-order valence-electron chi connectivity index (χ2n) is 4.49. The standard InChI is InChI=1S/C14H12NO.C2HF3O2/c1-2-6-14-12(4-1)5-3-9-15(14)13-7-10-16-11-8-13;3-2(4,5)1(6)7/h1-10H,11H2;(H,6,7)/q+1;/p-1. The molecule has 0 aliphatic carbocycles. The number of pyridine rings is 1. The molecule has 120 valence electrons. The summed E-state index contributed by atoms with van der Waals surface area (Å²) >= 11 is 0. The number of para-hydroxylation sites is 1. The molecule has 0 spiro atoms. The van der Waals surface area contributed by atoms with Gasteiger partial charge in [0.2, 0.25) is 11.2 Å². The van der Waals surface area contributed by atoms with Crippen molar-refractivity contribution in [1.29, 1.82) is 0 Å². The monoisotopic (exact) mass is 323 g/mol. The number of benzene rings is 1. The molecule has 0 bridgehead atoms. The van der Waals surface area contributed by atoms with Gasteiger partial charge in [-0.2, -0.15) is 17.7 Å². The highest BCUT2D eigenvalue weighted by atomic mass is 19.4. The topological polar surface area (TPSA) is 53.2 Å². The molecule has 0 unspecified atom stereocenters. The number of aliphatic carboxylic acids is 1. The molecule has 2 aromatic rings. The number of hydrogen-bond acceptors (Lipinski definition) is 3. The first-order valence-electron chi connectivity index (χ1n) is 6.56. The van der Waals surface area contributed by atoms with Crippen molar-refractivity contribution < 1.29 is 32.4 Å². The van der Waals surface area contributed by atoms with Gasteiger partial charge in [0.05, 0.1) is 6.26 Å². The van der Waals surface area contributed by atoms with E-state index >= 15 is 0 Å². The van der Waals surface area contributed by atoms with E-state index in [0.717, 1.165) is 5.70 Å². The first-order chi connectivity index (χ1) is 10.9. The third-order valence-electron chi connectivity index (χ3n) is 2.94. The number of hydrogen-bond donors (Lipinski definition) is 0. The smallest absolute Gasteiger partial charge is 0.430 e.